The van der Waals surface area contributed by atoms with E-state index in [9.17, 15) is 14.9 Å². The van der Waals surface area contributed by atoms with E-state index in [0.717, 1.165) is 11.8 Å². The van der Waals surface area contributed by atoms with Gasteiger partial charge in [-0.15, -0.1) is 0 Å². The lowest BCUT2D eigenvalue weighted by atomic mass is 10.1. The number of rotatable bonds is 4. The summed E-state index contributed by atoms with van der Waals surface area (Å²) in [7, 11) is 0. The molecule has 0 aliphatic carbocycles. The van der Waals surface area contributed by atoms with Crippen LogP contribution >= 0.6 is 0 Å². The van der Waals surface area contributed by atoms with Crippen molar-refractivity contribution in [3.8, 4) is 11.6 Å². The number of aromatic nitrogens is 1. The molecule has 2 aromatic rings. The maximum absolute atomic E-state index is 11.2. The molecule has 7 heteroatoms. The predicted octanol–water partition coefficient (Wildman–Crippen LogP) is 2.50. The molecule has 21 heavy (non-hydrogen) atoms. The third-order valence-electron chi connectivity index (χ3n) is 2.94. The number of pyridine rings is 1. The Morgan fingerprint density at radius 3 is 2.57 bits per heavy atom. The number of nitro groups is 1. The standard InChI is InChI=1S/C14H13N3O4/c1-8-3-4-10(14(15)18)6-12(8)21-13-5-9(2)11(7-16-13)17(19)20/h3-7H,1-2H3,(H2,15,18). The van der Waals surface area contributed by atoms with Crippen LogP contribution in [0.5, 0.6) is 11.6 Å². The van der Waals surface area contributed by atoms with Crippen molar-refractivity contribution in [2.75, 3.05) is 0 Å². The summed E-state index contributed by atoms with van der Waals surface area (Å²) < 4.78 is 5.57. The van der Waals surface area contributed by atoms with Gasteiger partial charge in [-0.2, -0.15) is 0 Å². The molecule has 0 spiro atoms. The number of nitrogens with zero attached hydrogens (tertiary/aromatic N) is 2. The quantitative estimate of drug-likeness (QED) is 0.686. The van der Waals surface area contributed by atoms with Gasteiger partial charge in [0.1, 0.15) is 11.9 Å². The molecule has 0 saturated heterocycles. The van der Waals surface area contributed by atoms with Crippen LogP contribution in [-0.4, -0.2) is 15.8 Å². The average Bonchev–Trinajstić information content (AvgIpc) is 2.40. The van der Waals surface area contributed by atoms with Gasteiger partial charge in [0.2, 0.25) is 11.8 Å². The molecule has 108 valence electrons. The number of carbonyl (C=O) groups excluding carboxylic acids is 1. The van der Waals surface area contributed by atoms with Gasteiger partial charge in [0, 0.05) is 17.2 Å². The third-order valence-corrected chi connectivity index (χ3v) is 2.94. The number of ether oxygens (including phenoxy) is 1. The van der Waals surface area contributed by atoms with Crippen molar-refractivity contribution in [3.05, 3.63) is 57.3 Å². The zero-order chi connectivity index (χ0) is 15.6. The molecule has 0 radical (unpaired) electrons. The minimum absolute atomic E-state index is 0.0787. The molecule has 0 aliphatic heterocycles. The van der Waals surface area contributed by atoms with Crippen molar-refractivity contribution >= 4 is 11.6 Å². The molecule has 1 amide bonds. The number of amides is 1. The molecule has 1 aromatic carbocycles. The lowest BCUT2D eigenvalue weighted by Crippen LogP contribution is -2.11. The van der Waals surface area contributed by atoms with Crippen LogP contribution in [0, 0.1) is 24.0 Å². The molecule has 0 saturated carbocycles. The van der Waals surface area contributed by atoms with E-state index in [0.29, 0.717) is 16.9 Å². The molecule has 2 N–H and O–H groups in total. The molecule has 7 nitrogen and oxygen atoms in total. The Bertz CT molecular complexity index is 728. The third kappa shape index (κ3) is 3.14. The number of aryl methyl sites for hydroxylation is 2. The SMILES string of the molecule is Cc1ccc(C(N)=O)cc1Oc1cc(C)c([N+](=O)[O-])cn1. The molecule has 0 unspecified atom stereocenters. The Kier molecular flexibility index (Phi) is 3.84. The molecule has 0 bridgehead atoms. The van der Waals surface area contributed by atoms with Gasteiger partial charge in [0.25, 0.3) is 5.69 Å². The molecule has 0 aliphatic rings. The van der Waals surface area contributed by atoms with E-state index in [1.807, 2.05) is 0 Å². The molecular formula is C14H13N3O4. The fraction of sp³-hybridized carbons (Fsp3) is 0.143. The van der Waals surface area contributed by atoms with Crippen molar-refractivity contribution in [2.24, 2.45) is 5.73 Å². The molecule has 1 aromatic heterocycles. The number of hydrogen-bond donors (Lipinski definition) is 1. The van der Waals surface area contributed by atoms with Crippen molar-refractivity contribution in [1.29, 1.82) is 0 Å². The van der Waals surface area contributed by atoms with Crippen LogP contribution in [0.3, 0.4) is 0 Å². The van der Waals surface area contributed by atoms with Crippen LogP contribution in [0.15, 0.2) is 30.5 Å². The van der Waals surface area contributed by atoms with Gasteiger partial charge in [-0.3, -0.25) is 14.9 Å². The summed E-state index contributed by atoms with van der Waals surface area (Å²) in [4.78, 5) is 25.3. The summed E-state index contributed by atoms with van der Waals surface area (Å²) in [5, 5.41) is 10.7. The van der Waals surface area contributed by atoms with Crippen LogP contribution < -0.4 is 10.5 Å². The van der Waals surface area contributed by atoms with Crippen LogP contribution in [0.1, 0.15) is 21.5 Å². The maximum Gasteiger partial charge on any atom is 0.290 e. The molecule has 1 heterocycles. The maximum atomic E-state index is 11.2. The first kappa shape index (κ1) is 14.4. The van der Waals surface area contributed by atoms with E-state index >= 15 is 0 Å². The van der Waals surface area contributed by atoms with Crippen LogP contribution in [-0.2, 0) is 0 Å². The zero-order valence-electron chi connectivity index (χ0n) is 11.5. The number of primary amides is 1. The largest absolute Gasteiger partial charge is 0.439 e. The van der Waals surface area contributed by atoms with Crippen molar-refractivity contribution in [2.45, 2.75) is 13.8 Å². The molecule has 0 fully saturated rings. The van der Waals surface area contributed by atoms with Crippen molar-refractivity contribution in [1.82, 2.24) is 4.98 Å². The van der Waals surface area contributed by atoms with E-state index in [-0.39, 0.29) is 11.6 Å². The second-order valence-corrected chi connectivity index (χ2v) is 4.51. The van der Waals surface area contributed by atoms with Crippen molar-refractivity contribution in [3.63, 3.8) is 0 Å². The zero-order valence-corrected chi connectivity index (χ0v) is 11.5. The Morgan fingerprint density at radius 1 is 1.29 bits per heavy atom. The number of hydrogen-bond acceptors (Lipinski definition) is 5. The lowest BCUT2D eigenvalue weighted by Gasteiger charge is -2.09. The number of nitrogens with two attached hydrogens (primary N) is 1. The number of carbonyl (C=O) groups is 1. The van der Waals surface area contributed by atoms with Gasteiger partial charge < -0.3 is 10.5 Å². The van der Waals surface area contributed by atoms with Gasteiger partial charge in [-0.05, 0) is 31.5 Å². The summed E-state index contributed by atoms with van der Waals surface area (Å²) in [6.07, 6.45) is 1.14. The van der Waals surface area contributed by atoms with Crippen LogP contribution in [0.25, 0.3) is 0 Å². The minimum atomic E-state index is -0.562. The van der Waals surface area contributed by atoms with Crippen LogP contribution in [0.2, 0.25) is 0 Å². The fourth-order valence-electron chi connectivity index (χ4n) is 1.75. The summed E-state index contributed by atoms with van der Waals surface area (Å²) in [5.41, 5.74) is 6.68. The second kappa shape index (κ2) is 5.58. The average molecular weight is 287 g/mol. The Morgan fingerprint density at radius 2 is 2.00 bits per heavy atom. The smallest absolute Gasteiger partial charge is 0.290 e. The number of benzene rings is 1. The van der Waals surface area contributed by atoms with E-state index in [1.54, 1.807) is 26.0 Å². The topological polar surface area (TPSA) is 108 Å². The van der Waals surface area contributed by atoms with Gasteiger partial charge in [0.05, 0.1) is 4.92 Å². The van der Waals surface area contributed by atoms with E-state index in [1.165, 1.54) is 12.1 Å². The fourth-order valence-corrected chi connectivity index (χ4v) is 1.75. The summed E-state index contributed by atoms with van der Waals surface area (Å²) in [5.74, 6) is 0.0718. The van der Waals surface area contributed by atoms with Gasteiger partial charge in [-0.1, -0.05) is 6.07 Å². The first-order valence-electron chi connectivity index (χ1n) is 6.08. The monoisotopic (exact) mass is 287 g/mol. The Labute approximate surface area is 120 Å². The minimum Gasteiger partial charge on any atom is -0.439 e. The van der Waals surface area contributed by atoms with Gasteiger partial charge in [-0.25, -0.2) is 4.98 Å². The first-order valence-corrected chi connectivity index (χ1v) is 6.08. The predicted molar refractivity (Wildman–Crippen MR) is 75.4 cm³/mol. The highest BCUT2D eigenvalue weighted by molar-refractivity contribution is 5.93. The normalized spacial score (nSPS) is 10.2. The van der Waals surface area contributed by atoms with Gasteiger partial charge >= 0.3 is 0 Å². The second-order valence-electron chi connectivity index (χ2n) is 4.51. The Balaban J connectivity index is 2.34. The lowest BCUT2D eigenvalue weighted by molar-refractivity contribution is -0.385. The van der Waals surface area contributed by atoms with E-state index < -0.39 is 10.8 Å². The highest BCUT2D eigenvalue weighted by Gasteiger charge is 2.13. The summed E-state index contributed by atoms with van der Waals surface area (Å²) in [6.45, 7) is 3.40. The highest BCUT2D eigenvalue weighted by atomic mass is 16.6. The molecule has 0 atom stereocenters. The van der Waals surface area contributed by atoms with E-state index in [2.05, 4.69) is 4.98 Å². The molecule has 2 rings (SSSR count). The summed E-state index contributed by atoms with van der Waals surface area (Å²) in [6, 6.07) is 6.28. The van der Waals surface area contributed by atoms with E-state index in [4.69, 9.17) is 10.5 Å². The highest BCUT2D eigenvalue weighted by Crippen LogP contribution is 2.27. The molecular weight excluding hydrogens is 274 g/mol. The first-order chi connectivity index (χ1) is 9.88. The van der Waals surface area contributed by atoms with Crippen LogP contribution in [0.4, 0.5) is 5.69 Å². The van der Waals surface area contributed by atoms with Gasteiger partial charge in [0.15, 0.2) is 0 Å². The Hall–Kier alpha value is -2.96. The van der Waals surface area contributed by atoms with Crippen molar-refractivity contribution < 1.29 is 14.5 Å². The summed E-state index contributed by atoms with van der Waals surface area (Å²) >= 11 is 0.